The van der Waals surface area contributed by atoms with Crippen LogP contribution in [0.2, 0.25) is 10.0 Å². The second-order valence-electron chi connectivity index (χ2n) is 6.09. The van der Waals surface area contributed by atoms with Gasteiger partial charge in [0.15, 0.2) is 11.5 Å². The normalized spacial score (nSPS) is 11.3. The van der Waals surface area contributed by atoms with Gasteiger partial charge in [-0.05, 0) is 54.1 Å². The molecule has 160 valence electrons. The SMILES string of the molecule is COc1cc(/C=N\NS(=O)(=O)c2ccccc2)ccc1OC(=O)c1ccc(Cl)c(Cl)c1. The van der Waals surface area contributed by atoms with Crippen LogP contribution in [0.25, 0.3) is 0 Å². The second-order valence-corrected chi connectivity index (χ2v) is 8.57. The van der Waals surface area contributed by atoms with Crippen LogP contribution in [-0.2, 0) is 10.0 Å². The van der Waals surface area contributed by atoms with Gasteiger partial charge in [-0.1, -0.05) is 41.4 Å². The van der Waals surface area contributed by atoms with E-state index in [1.54, 1.807) is 24.3 Å². The Bertz CT molecular complexity index is 1230. The molecule has 0 radical (unpaired) electrons. The van der Waals surface area contributed by atoms with Gasteiger partial charge < -0.3 is 9.47 Å². The van der Waals surface area contributed by atoms with Gasteiger partial charge in [0.2, 0.25) is 0 Å². The predicted octanol–water partition coefficient (Wildman–Crippen LogP) is 4.53. The number of halogens is 2. The Hall–Kier alpha value is -3.07. The minimum Gasteiger partial charge on any atom is -0.493 e. The fourth-order valence-electron chi connectivity index (χ4n) is 2.45. The summed E-state index contributed by atoms with van der Waals surface area (Å²) >= 11 is 11.8. The van der Waals surface area contributed by atoms with E-state index in [-0.39, 0.29) is 27.0 Å². The molecular formula is C21H16Cl2N2O5S. The summed E-state index contributed by atoms with van der Waals surface area (Å²) in [5, 5.41) is 4.32. The van der Waals surface area contributed by atoms with Crippen molar-refractivity contribution in [2.45, 2.75) is 4.90 Å². The smallest absolute Gasteiger partial charge is 0.343 e. The van der Waals surface area contributed by atoms with Gasteiger partial charge in [0.05, 0.1) is 33.8 Å². The summed E-state index contributed by atoms with van der Waals surface area (Å²) in [6, 6.07) is 16.9. The molecule has 0 saturated carbocycles. The van der Waals surface area contributed by atoms with Crippen molar-refractivity contribution in [3.63, 3.8) is 0 Å². The average Bonchev–Trinajstić information content (AvgIpc) is 2.77. The van der Waals surface area contributed by atoms with Gasteiger partial charge >= 0.3 is 5.97 Å². The third-order valence-corrected chi connectivity index (χ3v) is 5.96. The fourth-order valence-corrected chi connectivity index (χ4v) is 3.56. The number of esters is 1. The number of rotatable bonds is 7. The Morgan fingerprint density at radius 3 is 2.39 bits per heavy atom. The van der Waals surface area contributed by atoms with E-state index in [4.69, 9.17) is 32.7 Å². The molecule has 31 heavy (non-hydrogen) atoms. The molecule has 1 N–H and O–H groups in total. The number of methoxy groups -OCH3 is 1. The van der Waals surface area contributed by atoms with E-state index >= 15 is 0 Å². The first-order valence-electron chi connectivity index (χ1n) is 8.75. The summed E-state index contributed by atoms with van der Waals surface area (Å²) in [7, 11) is -2.37. The molecule has 7 nitrogen and oxygen atoms in total. The second kappa shape index (κ2) is 9.82. The first kappa shape index (κ1) is 22.6. The standard InChI is InChI=1S/C21H16Cl2N2O5S/c1-29-20-11-14(13-24-25-31(27,28)16-5-3-2-4-6-16)7-10-19(20)30-21(26)15-8-9-17(22)18(23)12-15/h2-13,25H,1H3/b24-13-. The number of sulfonamides is 1. The lowest BCUT2D eigenvalue weighted by atomic mass is 10.2. The van der Waals surface area contributed by atoms with Crippen LogP contribution in [0.5, 0.6) is 11.5 Å². The molecule has 0 heterocycles. The summed E-state index contributed by atoms with van der Waals surface area (Å²) in [6.45, 7) is 0. The molecule has 3 aromatic rings. The van der Waals surface area contributed by atoms with E-state index in [2.05, 4.69) is 9.93 Å². The molecule has 3 rings (SSSR count). The highest BCUT2D eigenvalue weighted by atomic mass is 35.5. The molecule has 0 amide bonds. The highest BCUT2D eigenvalue weighted by Crippen LogP contribution is 2.29. The zero-order valence-corrected chi connectivity index (χ0v) is 18.4. The number of hydrogen-bond acceptors (Lipinski definition) is 6. The Kier molecular flexibility index (Phi) is 7.17. The van der Waals surface area contributed by atoms with Crippen molar-refractivity contribution in [3.05, 3.63) is 87.9 Å². The lowest BCUT2D eigenvalue weighted by Crippen LogP contribution is -2.18. The summed E-state index contributed by atoms with van der Waals surface area (Å²) in [5.41, 5.74) is 0.736. The largest absolute Gasteiger partial charge is 0.493 e. The first-order valence-corrected chi connectivity index (χ1v) is 11.0. The van der Waals surface area contributed by atoms with E-state index in [0.717, 1.165) is 0 Å². The Labute approximate surface area is 189 Å². The molecule has 10 heteroatoms. The Morgan fingerprint density at radius 2 is 1.71 bits per heavy atom. The molecule has 0 saturated heterocycles. The van der Waals surface area contributed by atoms with Crippen molar-refractivity contribution in [1.82, 2.24) is 4.83 Å². The van der Waals surface area contributed by atoms with Gasteiger partial charge in [-0.2, -0.15) is 13.5 Å². The summed E-state index contributed by atoms with van der Waals surface area (Å²) in [4.78, 5) is 14.6. The molecule has 0 aliphatic carbocycles. The highest BCUT2D eigenvalue weighted by molar-refractivity contribution is 7.89. The van der Waals surface area contributed by atoms with Crippen LogP contribution in [0.1, 0.15) is 15.9 Å². The molecule has 0 spiro atoms. The van der Waals surface area contributed by atoms with Crippen LogP contribution in [0.15, 0.2) is 76.7 Å². The lowest BCUT2D eigenvalue weighted by molar-refractivity contribution is 0.0729. The number of ether oxygens (including phenoxy) is 2. The van der Waals surface area contributed by atoms with Crippen LogP contribution in [-0.4, -0.2) is 27.7 Å². The van der Waals surface area contributed by atoms with E-state index in [9.17, 15) is 13.2 Å². The topological polar surface area (TPSA) is 94.1 Å². The monoisotopic (exact) mass is 478 g/mol. The van der Waals surface area contributed by atoms with E-state index in [1.165, 1.54) is 55.8 Å². The third-order valence-electron chi connectivity index (χ3n) is 3.99. The van der Waals surface area contributed by atoms with Crippen LogP contribution in [0, 0.1) is 0 Å². The van der Waals surface area contributed by atoms with Crippen molar-refractivity contribution < 1.29 is 22.7 Å². The number of nitrogens with zero attached hydrogens (tertiary/aromatic N) is 1. The maximum absolute atomic E-state index is 12.4. The maximum atomic E-state index is 12.4. The van der Waals surface area contributed by atoms with Crippen LogP contribution >= 0.6 is 23.2 Å². The highest BCUT2D eigenvalue weighted by Gasteiger charge is 2.15. The van der Waals surface area contributed by atoms with E-state index in [0.29, 0.717) is 10.6 Å². The van der Waals surface area contributed by atoms with Crippen molar-refractivity contribution in [3.8, 4) is 11.5 Å². The van der Waals surface area contributed by atoms with Gasteiger partial charge in [-0.15, -0.1) is 0 Å². The number of hydrazone groups is 1. The minimum absolute atomic E-state index is 0.0919. The van der Waals surface area contributed by atoms with Gasteiger partial charge in [0.1, 0.15) is 0 Å². The molecule has 0 aliphatic heterocycles. The predicted molar refractivity (Wildman–Crippen MR) is 119 cm³/mol. The van der Waals surface area contributed by atoms with Gasteiger partial charge in [0.25, 0.3) is 10.0 Å². The number of nitrogens with one attached hydrogen (secondary N) is 1. The summed E-state index contributed by atoms with van der Waals surface area (Å²) < 4.78 is 35.0. The number of carbonyl (C=O) groups excluding carboxylic acids is 1. The van der Waals surface area contributed by atoms with Gasteiger partial charge in [0, 0.05) is 0 Å². The molecule has 0 fully saturated rings. The van der Waals surface area contributed by atoms with Crippen molar-refractivity contribution in [2.75, 3.05) is 7.11 Å². The molecular weight excluding hydrogens is 463 g/mol. The number of carbonyl (C=O) groups is 1. The number of benzene rings is 3. The van der Waals surface area contributed by atoms with Crippen LogP contribution in [0.4, 0.5) is 0 Å². The molecule has 0 aromatic heterocycles. The lowest BCUT2D eigenvalue weighted by Gasteiger charge is -2.10. The molecule has 0 atom stereocenters. The van der Waals surface area contributed by atoms with Crippen LogP contribution < -0.4 is 14.3 Å². The summed E-state index contributed by atoms with van der Waals surface area (Å²) in [5.74, 6) is -0.224. The van der Waals surface area contributed by atoms with E-state index < -0.39 is 16.0 Å². The van der Waals surface area contributed by atoms with Crippen molar-refractivity contribution in [2.24, 2.45) is 5.10 Å². The van der Waals surface area contributed by atoms with Crippen LogP contribution in [0.3, 0.4) is 0 Å². The summed E-state index contributed by atoms with van der Waals surface area (Å²) in [6.07, 6.45) is 1.30. The van der Waals surface area contributed by atoms with Gasteiger partial charge in [-0.25, -0.2) is 9.63 Å². The molecule has 0 aliphatic rings. The maximum Gasteiger partial charge on any atom is 0.343 e. The molecule has 0 unspecified atom stereocenters. The third kappa shape index (κ3) is 5.75. The zero-order valence-electron chi connectivity index (χ0n) is 16.1. The number of hydrogen-bond donors (Lipinski definition) is 1. The van der Waals surface area contributed by atoms with Crippen molar-refractivity contribution in [1.29, 1.82) is 0 Å². The van der Waals surface area contributed by atoms with Gasteiger partial charge in [-0.3, -0.25) is 0 Å². The quantitative estimate of drug-likeness (QED) is 0.233. The average molecular weight is 479 g/mol. The Balaban J connectivity index is 1.73. The Morgan fingerprint density at radius 1 is 0.968 bits per heavy atom. The van der Waals surface area contributed by atoms with E-state index in [1.807, 2.05) is 0 Å². The first-order chi connectivity index (χ1) is 14.8. The zero-order chi connectivity index (χ0) is 22.4. The fraction of sp³-hybridized carbons (Fsp3) is 0.0476. The molecule has 0 bridgehead atoms. The van der Waals surface area contributed by atoms with Crippen molar-refractivity contribution >= 4 is 45.4 Å². The molecule has 3 aromatic carbocycles. The minimum atomic E-state index is -3.78.